The largest absolute Gasteiger partial charge is 0.395 e. The zero-order valence-corrected chi connectivity index (χ0v) is 12.3. The van der Waals surface area contributed by atoms with Crippen LogP contribution in [0.1, 0.15) is 39.5 Å². The molecular formula is C13H26N2O2S. The molecule has 5 heteroatoms. The number of aliphatic hydroxyl groups excluding tert-OH is 1. The van der Waals surface area contributed by atoms with E-state index in [1.807, 2.05) is 18.7 Å². The maximum atomic E-state index is 12.0. The lowest BCUT2D eigenvalue weighted by Crippen LogP contribution is -2.45. The average molecular weight is 274 g/mol. The maximum absolute atomic E-state index is 12.0. The van der Waals surface area contributed by atoms with E-state index in [2.05, 4.69) is 12.2 Å². The predicted octanol–water partition coefficient (Wildman–Crippen LogP) is 2.07. The van der Waals surface area contributed by atoms with Gasteiger partial charge in [-0.1, -0.05) is 13.8 Å². The van der Waals surface area contributed by atoms with Crippen molar-refractivity contribution in [1.29, 1.82) is 0 Å². The molecule has 0 aromatic carbocycles. The summed E-state index contributed by atoms with van der Waals surface area (Å²) in [5.74, 6) is 1.15. The van der Waals surface area contributed by atoms with Crippen molar-refractivity contribution >= 4 is 17.8 Å². The van der Waals surface area contributed by atoms with Crippen LogP contribution >= 0.6 is 11.8 Å². The molecule has 0 heterocycles. The molecule has 2 unspecified atom stereocenters. The van der Waals surface area contributed by atoms with Gasteiger partial charge in [-0.05, 0) is 31.4 Å². The monoisotopic (exact) mass is 274 g/mol. The van der Waals surface area contributed by atoms with Crippen LogP contribution < -0.4 is 5.32 Å². The van der Waals surface area contributed by atoms with Crippen LogP contribution in [0, 0.1) is 0 Å². The molecule has 1 fully saturated rings. The Morgan fingerprint density at radius 3 is 2.78 bits per heavy atom. The molecule has 0 aromatic rings. The van der Waals surface area contributed by atoms with Gasteiger partial charge in [0, 0.05) is 24.4 Å². The van der Waals surface area contributed by atoms with Crippen LogP contribution in [0.4, 0.5) is 4.79 Å². The molecule has 1 saturated carbocycles. The van der Waals surface area contributed by atoms with E-state index in [4.69, 9.17) is 5.11 Å². The fourth-order valence-electron chi connectivity index (χ4n) is 2.43. The summed E-state index contributed by atoms with van der Waals surface area (Å²) in [6.45, 7) is 5.40. The van der Waals surface area contributed by atoms with E-state index in [-0.39, 0.29) is 12.6 Å². The number of urea groups is 1. The van der Waals surface area contributed by atoms with Crippen LogP contribution in [-0.2, 0) is 0 Å². The van der Waals surface area contributed by atoms with Gasteiger partial charge in [0.15, 0.2) is 0 Å². The summed E-state index contributed by atoms with van der Waals surface area (Å²) in [4.78, 5) is 13.7. The lowest BCUT2D eigenvalue weighted by Gasteiger charge is -2.24. The van der Waals surface area contributed by atoms with Crippen molar-refractivity contribution in [1.82, 2.24) is 10.2 Å². The SMILES string of the molecule is CCCN(CCO)C(=O)NC1CCC(SCC)C1. The van der Waals surface area contributed by atoms with Crippen LogP contribution in [0.3, 0.4) is 0 Å². The van der Waals surface area contributed by atoms with E-state index in [1.165, 1.54) is 6.42 Å². The second-order valence-corrected chi connectivity index (χ2v) is 6.32. The molecule has 4 nitrogen and oxygen atoms in total. The molecule has 0 saturated heterocycles. The van der Waals surface area contributed by atoms with Gasteiger partial charge in [-0.2, -0.15) is 11.8 Å². The molecule has 0 aromatic heterocycles. The van der Waals surface area contributed by atoms with Crippen molar-refractivity contribution in [3.8, 4) is 0 Å². The summed E-state index contributed by atoms with van der Waals surface area (Å²) in [5.41, 5.74) is 0. The quantitative estimate of drug-likeness (QED) is 0.747. The molecule has 0 aliphatic heterocycles. The molecule has 2 N–H and O–H groups in total. The molecule has 0 spiro atoms. The highest BCUT2D eigenvalue weighted by Crippen LogP contribution is 2.29. The van der Waals surface area contributed by atoms with E-state index < -0.39 is 0 Å². The number of amides is 2. The van der Waals surface area contributed by atoms with Gasteiger partial charge in [0.2, 0.25) is 0 Å². The van der Waals surface area contributed by atoms with Gasteiger partial charge in [0.25, 0.3) is 0 Å². The molecule has 2 amide bonds. The third-order valence-electron chi connectivity index (χ3n) is 3.27. The first-order valence-corrected chi connectivity index (χ1v) is 8.04. The fourth-order valence-corrected chi connectivity index (χ4v) is 3.57. The topological polar surface area (TPSA) is 52.6 Å². The molecule has 18 heavy (non-hydrogen) atoms. The fraction of sp³-hybridized carbons (Fsp3) is 0.923. The smallest absolute Gasteiger partial charge is 0.317 e. The number of hydrogen-bond acceptors (Lipinski definition) is 3. The number of carbonyl (C=O) groups excluding carboxylic acids is 1. The lowest BCUT2D eigenvalue weighted by molar-refractivity contribution is 0.174. The van der Waals surface area contributed by atoms with E-state index in [0.29, 0.717) is 24.4 Å². The first-order chi connectivity index (χ1) is 8.71. The van der Waals surface area contributed by atoms with Crippen molar-refractivity contribution in [3.05, 3.63) is 0 Å². The van der Waals surface area contributed by atoms with Gasteiger partial charge in [0.1, 0.15) is 0 Å². The van der Waals surface area contributed by atoms with E-state index in [0.717, 1.165) is 25.0 Å². The minimum atomic E-state index is -0.0157. The Morgan fingerprint density at radius 1 is 1.39 bits per heavy atom. The molecule has 1 rings (SSSR count). The van der Waals surface area contributed by atoms with Gasteiger partial charge in [0.05, 0.1) is 6.61 Å². The number of carbonyl (C=O) groups is 1. The second kappa shape index (κ2) is 8.64. The number of hydrogen-bond donors (Lipinski definition) is 2. The van der Waals surface area contributed by atoms with Crippen molar-refractivity contribution in [2.24, 2.45) is 0 Å². The zero-order chi connectivity index (χ0) is 13.4. The Morgan fingerprint density at radius 2 is 2.17 bits per heavy atom. The summed E-state index contributed by atoms with van der Waals surface area (Å²) in [6.07, 6.45) is 4.30. The van der Waals surface area contributed by atoms with Gasteiger partial charge in [-0.25, -0.2) is 4.79 Å². The van der Waals surface area contributed by atoms with Crippen LogP contribution in [0.2, 0.25) is 0 Å². The van der Waals surface area contributed by atoms with Crippen molar-refractivity contribution in [2.45, 2.75) is 50.8 Å². The van der Waals surface area contributed by atoms with Gasteiger partial charge in [-0.3, -0.25) is 0 Å². The Labute approximate surface area is 115 Å². The van der Waals surface area contributed by atoms with Crippen molar-refractivity contribution < 1.29 is 9.90 Å². The Bertz CT molecular complexity index is 245. The van der Waals surface area contributed by atoms with Gasteiger partial charge >= 0.3 is 6.03 Å². The highest BCUT2D eigenvalue weighted by molar-refractivity contribution is 7.99. The van der Waals surface area contributed by atoms with E-state index in [1.54, 1.807) is 4.90 Å². The van der Waals surface area contributed by atoms with Crippen LogP contribution in [-0.4, -0.2) is 52.8 Å². The summed E-state index contributed by atoms with van der Waals surface area (Å²) in [5, 5.41) is 12.8. The van der Waals surface area contributed by atoms with Crippen LogP contribution in [0.25, 0.3) is 0 Å². The lowest BCUT2D eigenvalue weighted by atomic mass is 10.2. The van der Waals surface area contributed by atoms with Gasteiger partial charge in [-0.15, -0.1) is 0 Å². The Balaban J connectivity index is 2.34. The number of nitrogens with zero attached hydrogens (tertiary/aromatic N) is 1. The first-order valence-electron chi connectivity index (χ1n) is 6.99. The summed E-state index contributed by atoms with van der Waals surface area (Å²) >= 11 is 1.99. The molecule has 106 valence electrons. The number of nitrogens with one attached hydrogen (secondary N) is 1. The minimum absolute atomic E-state index is 0.0157. The highest BCUT2D eigenvalue weighted by atomic mass is 32.2. The van der Waals surface area contributed by atoms with Crippen molar-refractivity contribution in [2.75, 3.05) is 25.4 Å². The zero-order valence-electron chi connectivity index (χ0n) is 11.5. The molecular weight excluding hydrogens is 248 g/mol. The Kier molecular flexibility index (Phi) is 7.51. The first kappa shape index (κ1) is 15.6. The summed E-state index contributed by atoms with van der Waals surface area (Å²) in [7, 11) is 0. The third kappa shape index (κ3) is 5.06. The minimum Gasteiger partial charge on any atom is -0.395 e. The van der Waals surface area contributed by atoms with Gasteiger partial charge < -0.3 is 15.3 Å². The molecule has 0 bridgehead atoms. The second-order valence-electron chi connectivity index (χ2n) is 4.75. The third-order valence-corrected chi connectivity index (χ3v) is 4.50. The molecule has 0 radical (unpaired) electrons. The molecule has 1 aliphatic rings. The van der Waals surface area contributed by atoms with E-state index >= 15 is 0 Å². The average Bonchev–Trinajstić information content (AvgIpc) is 2.77. The Hall–Kier alpha value is -0.420. The standard InChI is InChI=1S/C13H26N2O2S/c1-3-7-15(8-9-16)13(17)14-11-5-6-12(10-11)18-4-2/h11-12,16H,3-10H2,1-2H3,(H,14,17). The highest BCUT2D eigenvalue weighted by Gasteiger charge is 2.26. The predicted molar refractivity (Wildman–Crippen MR) is 77.0 cm³/mol. The molecule has 2 atom stereocenters. The van der Waals surface area contributed by atoms with E-state index in [9.17, 15) is 4.79 Å². The maximum Gasteiger partial charge on any atom is 0.317 e. The van der Waals surface area contributed by atoms with Crippen molar-refractivity contribution in [3.63, 3.8) is 0 Å². The number of aliphatic hydroxyl groups is 1. The number of rotatable bonds is 7. The van der Waals surface area contributed by atoms with Crippen LogP contribution in [0.5, 0.6) is 0 Å². The summed E-state index contributed by atoms with van der Waals surface area (Å²) < 4.78 is 0. The molecule has 1 aliphatic carbocycles. The van der Waals surface area contributed by atoms with Crippen LogP contribution in [0.15, 0.2) is 0 Å². The normalized spacial score (nSPS) is 23.1. The summed E-state index contributed by atoms with van der Waals surface area (Å²) in [6, 6.07) is 0.303. The number of thioether (sulfide) groups is 1.